The van der Waals surface area contributed by atoms with Crippen molar-refractivity contribution in [3.8, 4) is 22.6 Å². The highest BCUT2D eigenvalue weighted by atomic mass is 16.3. The normalized spacial score (nSPS) is 10.7. The predicted molar refractivity (Wildman–Crippen MR) is 83.2 cm³/mol. The molecular formula is C18H22O2. The lowest BCUT2D eigenvalue weighted by Crippen LogP contribution is -1.99. The van der Waals surface area contributed by atoms with Crippen molar-refractivity contribution in [1.29, 1.82) is 0 Å². The highest BCUT2D eigenvalue weighted by Gasteiger charge is 2.17. The Hall–Kier alpha value is -1.96. The molecule has 0 saturated heterocycles. The minimum Gasteiger partial charge on any atom is -0.504 e. The maximum Gasteiger partial charge on any atom is 0.160 e. The van der Waals surface area contributed by atoms with Crippen molar-refractivity contribution >= 4 is 0 Å². The molecule has 2 heteroatoms. The fraction of sp³-hybridized carbons (Fsp3) is 0.333. The third kappa shape index (κ3) is 2.79. The molecular weight excluding hydrogens is 248 g/mol. The summed E-state index contributed by atoms with van der Waals surface area (Å²) < 4.78 is 0. The Morgan fingerprint density at radius 2 is 1.45 bits per heavy atom. The lowest BCUT2D eigenvalue weighted by Gasteiger charge is -2.17. The Morgan fingerprint density at radius 3 is 2.05 bits per heavy atom. The number of benzene rings is 2. The van der Waals surface area contributed by atoms with Crippen LogP contribution >= 0.6 is 0 Å². The zero-order valence-electron chi connectivity index (χ0n) is 12.2. The molecule has 2 nitrogen and oxygen atoms in total. The zero-order valence-corrected chi connectivity index (χ0v) is 12.2. The maximum absolute atomic E-state index is 10.2. The van der Waals surface area contributed by atoms with Gasteiger partial charge >= 0.3 is 0 Å². The van der Waals surface area contributed by atoms with E-state index >= 15 is 0 Å². The second-order valence-electron chi connectivity index (χ2n) is 5.11. The lowest BCUT2D eigenvalue weighted by molar-refractivity contribution is 0.398. The summed E-state index contributed by atoms with van der Waals surface area (Å²) in [4.78, 5) is 0. The molecule has 0 radical (unpaired) electrons. The molecule has 0 heterocycles. The van der Waals surface area contributed by atoms with Crippen LogP contribution in [-0.4, -0.2) is 10.2 Å². The van der Waals surface area contributed by atoms with Crippen molar-refractivity contribution in [3.63, 3.8) is 0 Å². The molecule has 0 aliphatic rings. The van der Waals surface area contributed by atoms with Gasteiger partial charge < -0.3 is 10.2 Å². The van der Waals surface area contributed by atoms with Crippen LogP contribution in [0.25, 0.3) is 11.1 Å². The zero-order chi connectivity index (χ0) is 14.5. The molecule has 106 valence electrons. The first-order valence-corrected chi connectivity index (χ1v) is 7.31. The Morgan fingerprint density at radius 1 is 0.850 bits per heavy atom. The number of aromatic hydroxyl groups is 2. The number of phenolic OH excluding ortho intramolecular Hbond substituents is 2. The Bertz CT molecular complexity index is 574. The first-order chi connectivity index (χ1) is 9.69. The van der Waals surface area contributed by atoms with Gasteiger partial charge in [-0.1, -0.05) is 57.0 Å². The molecule has 2 aromatic rings. The maximum atomic E-state index is 10.2. The highest BCUT2D eigenvalue weighted by molar-refractivity contribution is 5.73. The number of hydrogen-bond acceptors (Lipinski definition) is 2. The van der Waals surface area contributed by atoms with Crippen LogP contribution in [0.3, 0.4) is 0 Å². The predicted octanol–water partition coefficient (Wildman–Crippen LogP) is 4.67. The first kappa shape index (κ1) is 14.4. The average Bonchev–Trinajstić information content (AvgIpc) is 2.47. The largest absolute Gasteiger partial charge is 0.504 e. The highest BCUT2D eigenvalue weighted by Crippen LogP contribution is 2.40. The van der Waals surface area contributed by atoms with Crippen LogP contribution in [0.2, 0.25) is 0 Å². The molecule has 0 saturated carbocycles. The summed E-state index contributed by atoms with van der Waals surface area (Å²) >= 11 is 0. The van der Waals surface area contributed by atoms with E-state index in [4.69, 9.17) is 0 Å². The summed E-state index contributed by atoms with van der Waals surface area (Å²) in [5.74, 6) is 0.0298. The molecule has 0 bridgehead atoms. The SMILES string of the molecule is CCCc1c(-c2ccccc2)cc(O)c(O)c1CCC. The topological polar surface area (TPSA) is 40.5 Å². The second kappa shape index (κ2) is 6.47. The van der Waals surface area contributed by atoms with Crippen molar-refractivity contribution in [3.05, 3.63) is 47.5 Å². The standard InChI is InChI=1S/C18H22O2/c1-3-8-14-15(9-4-2)18(20)17(19)12-16(14)13-10-6-5-7-11-13/h5-7,10-12,19-20H,3-4,8-9H2,1-2H3. The van der Waals surface area contributed by atoms with Gasteiger partial charge in [0.05, 0.1) is 0 Å². The summed E-state index contributed by atoms with van der Waals surface area (Å²) in [6, 6.07) is 11.7. The number of phenols is 2. The molecule has 0 aliphatic carbocycles. The van der Waals surface area contributed by atoms with E-state index in [2.05, 4.69) is 13.8 Å². The Kier molecular flexibility index (Phi) is 4.67. The van der Waals surface area contributed by atoms with Crippen LogP contribution in [0.4, 0.5) is 0 Å². The quantitative estimate of drug-likeness (QED) is 0.775. The Balaban J connectivity index is 2.66. The van der Waals surface area contributed by atoms with Crippen LogP contribution in [-0.2, 0) is 12.8 Å². The summed E-state index contributed by atoms with van der Waals surface area (Å²) in [5, 5.41) is 20.2. The monoisotopic (exact) mass is 270 g/mol. The average molecular weight is 270 g/mol. The summed E-state index contributed by atoms with van der Waals surface area (Å²) in [5.41, 5.74) is 4.18. The van der Waals surface area contributed by atoms with E-state index < -0.39 is 0 Å². The van der Waals surface area contributed by atoms with Crippen LogP contribution < -0.4 is 0 Å². The summed E-state index contributed by atoms with van der Waals surface area (Å²) in [6.45, 7) is 4.22. The number of hydrogen-bond donors (Lipinski definition) is 2. The van der Waals surface area contributed by atoms with Gasteiger partial charge in [-0.05, 0) is 35.6 Å². The third-order valence-electron chi connectivity index (χ3n) is 3.58. The van der Waals surface area contributed by atoms with Crippen molar-refractivity contribution in [2.75, 3.05) is 0 Å². The minimum atomic E-state index is -0.0212. The van der Waals surface area contributed by atoms with Gasteiger partial charge in [0.25, 0.3) is 0 Å². The van der Waals surface area contributed by atoms with E-state index in [0.29, 0.717) is 0 Å². The van der Waals surface area contributed by atoms with Gasteiger partial charge in [0.1, 0.15) is 0 Å². The first-order valence-electron chi connectivity index (χ1n) is 7.31. The van der Waals surface area contributed by atoms with Gasteiger partial charge in [0.2, 0.25) is 0 Å². The van der Waals surface area contributed by atoms with E-state index in [1.807, 2.05) is 30.3 Å². The van der Waals surface area contributed by atoms with Gasteiger partial charge in [-0.25, -0.2) is 0 Å². The lowest BCUT2D eigenvalue weighted by atomic mass is 9.89. The fourth-order valence-electron chi connectivity index (χ4n) is 2.68. The van der Waals surface area contributed by atoms with E-state index in [-0.39, 0.29) is 11.5 Å². The van der Waals surface area contributed by atoms with Crippen LogP contribution in [0, 0.1) is 0 Å². The van der Waals surface area contributed by atoms with Crippen LogP contribution in [0.5, 0.6) is 11.5 Å². The molecule has 0 fully saturated rings. The van der Waals surface area contributed by atoms with Gasteiger partial charge in [0, 0.05) is 5.56 Å². The molecule has 2 rings (SSSR count). The van der Waals surface area contributed by atoms with E-state index in [0.717, 1.165) is 47.9 Å². The molecule has 2 aromatic carbocycles. The molecule has 0 unspecified atom stereocenters. The molecule has 0 atom stereocenters. The summed E-state index contributed by atoms with van der Waals surface area (Å²) in [7, 11) is 0. The third-order valence-corrected chi connectivity index (χ3v) is 3.58. The van der Waals surface area contributed by atoms with E-state index in [1.165, 1.54) is 0 Å². The molecule has 2 N–H and O–H groups in total. The van der Waals surface area contributed by atoms with Crippen LogP contribution in [0.15, 0.2) is 36.4 Å². The second-order valence-corrected chi connectivity index (χ2v) is 5.11. The van der Waals surface area contributed by atoms with Crippen molar-refractivity contribution in [2.45, 2.75) is 39.5 Å². The summed E-state index contributed by atoms with van der Waals surface area (Å²) in [6.07, 6.45) is 3.66. The van der Waals surface area contributed by atoms with E-state index in [1.54, 1.807) is 6.07 Å². The molecule has 0 aromatic heterocycles. The van der Waals surface area contributed by atoms with Gasteiger partial charge in [-0.15, -0.1) is 0 Å². The molecule has 0 aliphatic heterocycles. The van der Waals surface area contributed by atoms with Gasteiger partial charge in [-0.2, -0.15) is 0 Å². The van der Waals surface area contributed by atoms with E-state index in [9.17, 15) is 10.2 Å². The molecule has 0 spiro atoms. The fourth-order valence-corrected chi connectivity index (χ4v) is 2.68. The van der Waals surface area contributed by atoms with Crippen molar-refractivity contribution in [1.82, 2.24) is 0 Å². The minimum absolute atomic E-state index is 0.0212. The number of rotatable bonds is 5. The molecule has 20 heavy (non-hydrogen) atoms. The van der Waals surface area contributed by atoms with Crippen LogP contribution in [0.1, 0.15) is 37.8 Å². The van der Waals surface area contributed by atoms with Crippen molar-refractivity contribution in [2.24, 2.45) is 0 Å². The molecule has 0 amide bonds. The Labute approximate surface area is 120 Å². The van der Waals surface area contributed by atoms with Crippen molar-refractivity contribution < 1.29 is 10.2 Å². The van der Waals surface area contributed by atoms with Gasteiger partial charge in [0.15, 0.2) is 11.5 Å². The smallest absolute Gasteiger partial charge is 0.160 e. The van der Waals surface area contributed by atoms with Gasteiger partial charge in [-0.3, -0.25) is 0 Å².